The lowest BCUT2D eigenvalue weighted by molar-refractivity contribution is 0.130. The van der Waals surface area contributed by atoms with Gasteiger partial charge in [0.1, 0.15) is 22.4 Å². The van der Waals surface area contributed by atoms with Crippen molar-refractivity contribution in [1.82, 2.24) is 25.2 Å². The number of piperidine rings is 1. The van der Waals surface area contributed by atoms with E-state index in [0.29, 0.717) is 23.4 Å². The molecule has 4 fully saturated rings. The van der Waals surface area contributed by atoms with Crippen molar-refractivity contribution >= 4 is 43.1 Å². The number of piperazine rings is 1. The fraction of sp³-hybridized carbons (Fsp3) is 0.514. The number of fused-ring (bicyclic) bond motifs is 6. The number of benzene rings is 1. The highest BCUT2D eigenvalue weighted by Crippen LogP contribution is 2.49. The molecule has 9 rings (SSSR count). The van der Waals surface area contributed by atoms with Gasteiger partial charge in [-0.05, 0) is 62.7 Å². The maximum Gasteiger partial charge on any atom is 0.319 e. The normalized spacial score (nSPS) is 23.1. The van der Waals surface area contributed by atoms with E-state index in [9.17, 15) is 14.9 Å². The fourth-order valence-electron chi connectivity index (χ4n) is 8.44. The Labute approximate surface area is 285 Å². The number of hydrogen-bond acceptors (Lipinski definition) is 12. The van der Waals surface area contributed by atoms with Crippen molar-refractivity contribution in [2.75, 3.05) is 50.0 Å². The van der Waals surface area contributed by atoms with Crippen LogP contribution in [0.4, 0.5) is 19.6 Å². The molecule has 252 valence electrons. The molecule has 0 radical (unpaired) electrons. The molecule has 2 atom stereocenters. The van der Waals surface area contributed by atoms with Crippen LogP contribution < -0.4 is 20.7 Å². The predicted molar refractivity (Wildman–Crippen MR) is 180 cm³/mol. The number of halogens is 2. The van der Waals surface area contributed by atoms with Gasteiger partial charge in [0.2, 0.25) is 0 Å². The van der Waals surface area contributed by atoms with Crippen LogP contribution in [0.15, 0.2) is 6.20 Å². The Morgan fingerprint density at radius 2 is 1.82 bits per heavy atom. The van der Waals surface area contributed by atoms with Crippen LogP contribution in [0.3, 0.4) is 0 Å². The van der Waals surface area contributed by atoms with Crippen LogP contribution in [-0.2, 0) is 18.0 Å². The molecule has 1 aromatic carbocycles. The van der Waals surface area contributed by atoms with Gasteiger partial charge in [-0.25, -0.2) is 8.78 Å². The van der Waals surface area contributed by atoms with Gasteiger partial charge >= 0.3 is 6.01 Å². The lowest BCUT2D eigenvalue weighted by Gasteiger charge is -2.37. The third-order valence-electron chi connectivity index (χ3n) is 11.2. The summed E-state index contributed by atoms with van der Waals surface area (Å²) in [4.78, 5) is 18.9. The summed E-state index contributed by atoms with van der Waals surface area (Å²) in [6.07, 6.45) is 6.86. The monoisotopic (exact) mass is 683 g/mol. The van der Waals surface area contributed by atoms with Crippen molar-refractivity contribution in [2.45, 2.75) is 63.8 Å². The number of nitrogens with one attached hydrogen (secondary N) is 1. The van der Waals surface area contributed by atoms with Gasteiger partial charge < -0.3 is 30.3 Å². The standard InChI is InChI=1S/C35H35F2N9O2S/c36-24-13-42-29(26-21(10-39)32(40)49-31(24)26)25-22-14-47-15-23(22)27-30(28(25)37)43-34(44-33(27)46-19-1-2-20(46)12-41-11-19)48-17-35(5-6-35)16-45-7-3-18(9-38)4-8-45/h13,18-20,41H,1-8,11-12,14-17,40H2. The lowest BCUT2D eigenvalue weighted by Crippen LogP contribution is -2.52. The molecule has 1 saturated carbocycles. The van der Waals surface area contributed by atoms with Gasteiger partial charge in [-0.15, -0.1) is 11.3 Å². The van der Waals surface area contributed by atoms with Crippen molar-refractivity contribution in [3.05, 3.63) is 34.5 Å². The summed E-state index contributed by atoms with van der Waals surface area (Å²) in [6, 6.07) is 4.99. The van der Waals surface area contributed by atoms with Crippen LogP contribution in [-0.4, -0.2) is 71.3 Å². The van der Waals surface area contributed by atoms with E-state index in [2.05, 4.69) is 32.2 Å². The van der Waals surface area contributed by atoms with Crippen LogP contribution >= 0.6 is 11.3 Å². The first kappa shape index (κ1) is 30.8. The van der Waals surface area contributed by atoms with E-state index in [4.69, 9.17) is 25.2 Å². The summed E-state index contributed by atoms with van der Waals surface area (Å²) in [5, 5.41) is 23.8. The van der Waals surface area contributed by atoms with Crippen LogP contribution in [0.1, 0.15) is 55.2 Å². The summed E-state index contributed by atoms with van der Waals surface area (Å²) < 4.78 is 44.9. The number of pyridine rings is 1. The summed E-state index contributed by atoms with van der Waals surface area (Å²) >= 11 is 0.952. The zero-order chi connectivity index (χ0) is 33.4. The molecule has 2 bridgehead atoms. The summed E-state index contributed by atoms with van der Waals surface area (Å²) in [5.74, 6) is -0.474. The molecule has 0 spiro atoms. The quantitative estimate of drug-likeness (QED) is 0.271. The third-order valence-corrected chi connectivity index (χ3v) is 12.2. The molecule has 3 saturated heterocycles. The highest BCUT2D eigenvalue weighted by atomic mass is 32.1. The number of nitrogen functional groups attached to an aromatic ring is 1. The Morgan fingerprint density at radius 3 is 2.53 bits per heavy atom. The lowest BCUT2D eigenvalue weighted by atomic mass is 9.93. The molecule has 4 aliphatic heterocycles. The van der Waals surface area contributed by atoms with Gasteiger partial charge in [-0.2, -0.15) is 20.5 Å². The first-order valence-corrected chi connectivity index (χ1v) is 17.8. The van der Waals surface area contributed by atoms with E-state index < -0.39 is 11.6 Å². The Kier molecular flexibility index (Phi) is 7.36. The molecule has 5 aliphatic rings. The van der Waals surface area contributed by atoms with Crippen molar-refractivity contribution in [3.8, 4) is 29.4 Å². The number of hydrogen-bond donors (Lipinski definition) is 2. The fourth-order valence-corrected chi connectivity index (χ4v) is 9.36. The highest BCUT2D eigenvalue weighted by Gasteiger charge is 2.46. The SMILES string of the molecule is N#Cc1c(N)sc2c(F)cnc(-c3c4c(c5c(N6C7CCC6CNC7)nc(OCC6(CN7CCC(C#N)CC7)CC6)nc5c3F)COC4)c12. The summed E-state index contributed by atoms with van der Waals surface area (Å²) in [7, 11) is 0. The molecule has 7 heterocycles. The summed E-state index contributed by atoms with van der Waals surface area (Å²) in [5.41, 5.74) is 7.93. The van der Waals surface area contributed by atoms with E-state index in [-0.39, 0.29) is 80.1 Å². The molecule has 2 unspecified atom stereocenters. The maximum absolute atomic E-state index is 17.4. The van der Waals surface area contributed by atoms with Crippen molar-refractivity contribution in [2.24, 2.45) is 11.3 Å². The Bertz CT molecular complexity index is 2080. The number of nitrogens with two attached hydrogens (primary N) is 1. The van der Waals surface area contributed by atoms with Gasteiger partial charge in [0, 0.05) is 54.0 Å². The van der Waals surface area contributed by atoms with Gasteiger partial charge in [0.15, 0.2) is 11.6 Å². The molecular formula is C35H35F2N9O2S. The Balaban J connectivity index is 1.17. The second-order valence-corrected chi connectivity index (χ2v) is 15.3. The van der Waals surface area contributed by atoms with E-state index in [1.54, 1.807) is 0 Å². The number of likely N-dealkylation sites (tertiary alicyclic amines) is 1. The van der Waals surface area contributed by atoms with E-state index >= 15 is 4.39 Å². The number of thiophene rings is 1. The summed E-state index contributed by atoms with van der Waals surface area (Å²) in [6.45, 7) is 5.05. The third kappa shape index (κ3) is 4.99. The molecule has 49 heavy (non-hydrogen) atoms. The van der Waals surface area contributed by atoms with Crippen molar-refractivity contribution < 1.29 is 18.3 Å². The van der Waals surface area contributed by atoms with Gasteiger partial charge in [0.25, 0.3) is 0 Å². The highest BCUT2D eigenvalue weighted by molar-refractivity contribution is 7.23. The average molecular weight is 684 g/mol. The van der Waals surface area contributed by atoms with E-state index in [1.165, 1.54) is 0 Å². The zero-order valence-electron chi connectivity index (χ0n) is 26.9. The zero-order valence-corrected chi connectivity index (χ0v) is 27.7. The molecule has 11 nitrogen and oxygen atoms in total. The second-order valence-electron chi connectivity index (χ2n) is 14.2. The molecule has 3 N–H and O–H groups in total. The Morgan fingerprint density at radius 1 is 1.06 bits per heavy atom. The van der Waals surface area contributed by atoms with Crippen LogP contribution in [0.5, 0.6) is 6.01 Å². The number of nitriles is 2. The topological polar surface area (TPSA) is 149 Å². The minimum Gasteiger partial charge on any atom is -0.463 e. The molecule has 14 heteroatoms. The van der Waals surface area contributed by atoms with Crippen molar-refractivity contribution in [1.29, 1.82) is 10.5 Å². The van der Waals surface area contributed by atoms with Gasteiger partial charge in [0.05, 0.1) is 53.4 Å². The number of ether oxygens (including phenoxy) is 2. The first-order valence-electron chi connectivity index (χ1n) is 17.0. The number of rotatable bonds is 7. The van der Waals surface area contributed by atoms with Crippen molar-refractivity contribution in [3.63, 3.8) is 0 Å². The number of anilines is 2. The first-order chi connectivity index (χ1) is 23.9. The van der Waals surface area contributed by atoms with Crippen LogP contribution in [0.25, 0.3) is 32.2 Å². The smallest absolute Gasteiger partial charge is 0.319 e. The predicted octanol–water partition coefficient (Wildman–Crippen LogP) is 5.00. The van der Waals surface area contributed by atoms with Gasteiger partial charge in [-0.1, -0.05) is 0 Å². The molecule has 1 aliphatic carbocycles. The van der Waals surface area contributed by atoms with Crippen LogP contribution in [0, 0.1) is 45.6 Å². The molecule has 3 aromatic heterocycles. The number of aromatic nitrogens is 3. The van der Waals surface area contributed by atoms with E-state index in [1.807, 2.05) is 0 Å². The largest absolute Gasteiger partial charge is 0.463 e. The minimum atomic E-state index is -0.634. The number of nitrogens with zero attached hydrogens (tertiary/aromatic N) is 7. The second kappa shape index (κ2) is 11.7. The maximum atomic E-state index is 17.4. The Hall–Kier alpha value is -4.21. The molecule has 4 aromatic rings. The van der Waals surface area contributed by atoms with Gasteiger partial charge in [-0.3, -0.25) is 4.98 Å². The van der Waals surface area contributed by atoms with E-state index in [0.717, 1.165) is 94.3 Å². The van der Waals surface area contributed by atoms with Crippen LogP contribution in [0.2, 0.25) is 0 Å². The molecule has 0 amide bonds. The average Bonchev–Trinajstić information content (AvgIpc) is 3.41. The molecular weight excluding hydrogens is 649 g/mol. The minimum absolute atomic E-state index is 0.0300.